The second kappa shape index (κ2) is 2.27. The molecule has 1 rings (SSSR count). The third-order valence-corrected chi connectivity index (χ3v) is 2.03. The van der Waals surface area contributed by atoms with Gasteiger partial charge in [-0.2, -0.15) is 0 Å². The first kappa shape index (κ1) is 7.60. The summed E-state index contributed by atoms with van der Waals surface area (Å²) in [5, 5.41) is -0.0764. The molecule has 10 heavy (non-hydrogen) atoms. The largest absolute Gasteiger partial charge is 0.478 e. The molecule has 0 saturated heterocycles. The maximum atomic E-state index is 10.9. The number of thioether (sulfide) groups is 1. The lowest BCUT2D eigenvalue weighted by Crippen LogP contribution is -2.06. The van der Waals surface area contributed by atoms with E-state index < -0.39 is 0 Å². The number of hydrogen-bond donors (Lipinski definition) is 0. The van der Waals surface area contributed by atoms with Gasteiger partial charge < -0.3 is 4.74 Å². The van der Waals surface area contributed by atoms with Gasteiger partial charge in [0, 0.05) is 0 Å². The van der Waals surface area contributed by atoms with E-state index in [1.54, 1.807) is 0 Å². The number of hydrogen-bond acceptors (Lipinski definition) is 4. The van der Waals surface area contributed by atoms with Crippen molar-refractivity contribution >= 4 is 22.8 Å². The van der Waals surface area contributed by atoms with Crippen LogP contribution < -0.4 is 0 Å². The molecule has 3 nitrogen and oxygen atoms in total. The number of aliphatic imine (C=N–C) groups is 1. The highest BCUT2D eigenvalue weighted by molar-refractivity contribution is 8.17. The predicted molar refractivity (Wildman–Crippen MR) is 41.1 cm³/mol. The standard InChI is InChI=1S/C6H9NO2S/c1-6(2)7-4(9-3)5(8)10-6/h1-3H3. The van der Waals surface area contributed by atoms with Crippen LogP contribution >= 0.6 is 11.8 Å². The van der Waals surface area contributed by atoms with Gasteiger partial charge in [0.15, 0.2) is 0 Å². The van der Waals surface area contributed by atoms with Crippen LogP contribution in [0, 0.1) is 0 Å². The molecule has 0 atom stereocenters. The van der Waals surface area contributed by atoms with Crippen LogP contribution in [0.4, 0.5) is 0 Å². The molecule has 0 N–H and O–H groups in total. The van der Waals surface area contributed by atoms with E-state index in [1.165, 1.54) is 18.9 Å². The second-order valence-electron chi connectivity index (χ2n) is 2.46. The molecule has 0 unspecified atom stereocenters. The highest BCUT2D eigenvalue weighted by Crippen LogP contribution is 2.32. The van der Waals surface area contributed by atoms with Gasteiger partial charge in [-0.1, -0.05) is 0 Å². The van der Waals surface area contributed by atoms with Crippen LogP contribution in [0.2, 0.25) is 0 Å². The van der Waals surface area contributed by atoms with Crippen molar-refractivity contribution in [1.29, 1.82) is 0 Å². The molecule has 0 amide bonds. The van der Waals surface area contributed by atoms with Gasteiger partial charge in [-0.15, -0.1) is 0 Å². The number of nitrogens with zero attached hydrogens (tertiary/aromatic N) is 1. The van der Waals surface area contributed by atoms with E-state index in [0.29, 0.717) is 0 Å². The Kier molecular flexibility index (Phi) is 1.72. The number of carbonyl (C=O) groups excluding carboxylic acids is 1. The molecule has 1 aliphatic heterocycles. The lowest BCUT2D eigenvalue weighted by molar-refractivity contribution is -0.106. The Morgan fingerprint density at radius 2 is 2.20 bits per heavy atom. The Morgan fingerprint density at radius 1 is 1.60 bits per heavy atom. The summed E-state index contributed by atoms with van der Waals surface area (Å²) in [7, 11) is 1.46. The summed E-state index contributed by atoms with van der Waals surface area (Å²) in [6.45, 7) is 3.75. The van der Waals surface area contributed by atoms with Crippen LogP contribution in [0.25, 0.3) is 0 Å². The van der Waals surface area contributed by atoms with Crippen LogP contribution in [0.15, 0.2) is 4.99 Å². The SMILES string of the molecule is COC1=NC(C)(C)SC1=O. The number of carbonyl (C=O) groups is 1. The summed E-state index contributed by atoms with van der Waals surface area (Å²) >= 11 is 1.19. The highest BCUT2D eigenvalue weighted by atomic mass is 32.2. The van der Waals surface area contributed by atoms with Crippen LogP contribution in [0.1, 0.15) is 13.8 Å². The van der Waals surface area contributed by atoms with Gasteiger partial charge in [-0.25, -0.2) is 4.99 Å². The van der Waals surface area contributed by atoms with Gasteiger partial charge in [0.05, 0.1) is 7.11 Å². The van der Waals surface area contributed by atoms with E-state index >= 15 is 0 Å². The molecule has 0 fully saturated rings. The number of ether oxygens (including phenoxy) is 1. The second-order valence-corrected chi connectivity index (χ2v) is 4.03. The quantitative estimate of drug-likeness (QED) is 0.530. The molecule has 0 bridgehead atoms. The summed E-state index contributed by atoms with van der Waals surface area (Å²) in [5.41, 5.74) is 0. The zero-order valence-electron chi connectivity index (χ0n) is 6.17. The van der Waals surface area contributed by atoms with Crippen molar-refractivity contribution in [3.8, 4) is 0 Å². The first-order chi connectivity index (χ1) is 4.55. The van der Waals surface area contributed by atoms with Gasteiger partial charge in [0.1, 0.15) is 4.87 Å². The third-order valence-electron chi connectivity index (χ3n) is 1.08. The average molecular weight is 159 g/mol. The first-order valence-electron chi connectivity index (χ1n) is 2.92. The monoisotopic (exact) mass is 159 g/mol. The molecule has 0 aromatic heterocycles. The molecule has 56 valence electrons. The lowest BCUT2D eigenvalue weighted by Gasteiger charge is -2.07. The normalized spacial score (nSPS) is 22.7. The molecule has 0 aromatic carbocycles. The van der Waals surface area contributed by atoms with E-state index in [1.807, 2.05) is 13.8 Å². The fourth-order valence-corrected chi connectivity index (χ4v) is 1.51. The Labute approximate surface area is 63.9 Å². The summed E-state index contributed by atoms with van der Waals surface area (Å²) < 4.78 is 4.74. The maximum Gasteiger partial charge on any atom is 0.276 e. The molecule has 1 aliphatic rings. The molecule has 1 heterocycles. The fraction of sp³-hybridized carbons (Fsp3) is 0.667. The van der Waals surface area contributed by atoms with Crippen molar-refractivity contribution < 1.29 is 9.53 Å². The molecule has 0 radical (unpaired) electrons. The lowest BCUT2D eigenvalue weighted by atomic mass is 10.4. The number of methoxy groups -OCH3 is 1. The molecular formula is C6H9NO2S. The van der Waals surface area contributed by atoms with Crippen molar-refractivity contribution in [2.45, 2.75) is 18.7 Å². The summed E-state index contributed by atoms with van der Waals surface area (Å²) in [6.07, 6.45) is 0. The van der Waals surface area contributed by atoms with Crippen LogP contribution in [0.3, 0.4) is 0 Å². The molecule has 0 spiro atoms. The molecule has 0 aliphatic carbocycles. The third kappa shape index (κ3) is 1.31. The number of rotatable bonds is 0. The van der Waals surface area contributed by atoms with Crippen molar-refractivity contribution in [1.82, 2.24) is 0 Å². The topological polar surface area (TPSA) is 38.7 Å². The maximum absolute atomic E-state index is 10.9. The van der Waals surface area contributed by atoms with E-state index in [9.17, 15) is 4.79 Å². The van der Waals surface area contributed by atoms with Crippen molar-refractivity contribution in [2.24, 2.45) is 4.99 Å². The van der Waals surface area contributed by atoms with E-state index in [4.69, 9.17) is 4.74 Å². The van der Waals surface area contributed by atoms with Gasteiger partial charge in [-0.3, -0.25) is 4.79 Å². The van der Waals surface area contributed by atoms with Crippen LogP contribution in [-0.2, 0) is 9.53 Å². The highest BCUT2D eigenvalue weighted by Gasteiger charge is 2.33. The average Bonchev–Trinajstić information content (AvgIpc) is 2.05. The molecule has 0 saturated carbocycles. The Bertz CT molecular complexity index is 198. The molecular weight excluding hydrogens is 150 g/mol. The zero-order valence-corrected chi connectivity index (χ0v) is 6.99. The summed E-state index contributed by atoms with van der Waals surface area (Å²) in [6, 6.07) is 0. The minimum Gasteiger partial charge on any atom is -0.478 e. The van der Waals surface area contributed by atoms with Crippen LogP contribution in [0.5, 0.6) is 0 Å². The van der Waals surface area contributed by atoms with Crippen molar-refractivity contribution in [3.63, 3.8) is 0 Å². The van der Waals surface area contributed by atoms with E-state index in [2.05, 4.69) is 4.99 Å². The minimum atomic E-state index is -0.331. The Balaban J connectivity index is 2.82. The molecule has 4 heteroatoms. The van der Waals surface area contributed by atoms with Gasteiger partial charge >= 0.3 is 0 Å². The minimum absolute atomic E-state index is 0.0764. The van der Waals surface area contributed by atoms with Crippen molar-refractivity contribution in [2.75, 3.05) is 7.11 Å². The van der Waals surface area contributed by atoms with Crippen molar-refractivity contribution in [3.05, 3.63) is 0 Å². The van der Waals surface area contributed by atoms with Gasteiger partial charge in [0.2, 0.25) is 0 Å². The first-order valence-corrected chi connectivity index (χ1v) is 3.74. The van der Waals surface area contributed by atoms with Gasteiger partial charge in [0.25, 0.3) is 11.0 Å². The zero-order chi connectivity index (χ0) is 7.78. The van der Waals surface area contributed by atoms with Crippen LogP contribution in [-0.4, -0.2) is 23.0 Å². The van der Waals surface area contributed by atoms with E-state index in [0.717, 1.165) is 0 Å². The fourth-order valence-electron chi connectivity index (χ4n) is 0.712. The summed E-state index contributed by atoms with van der Waals surface area (Å²) in [5.74, 6) is 0.231. The van der Waals surface area contributed by atoms with Gasteiger partial charge in [-0.05, 0) is 25.6 Å². The summed E-state index contributed by atoms with van der Waals surface area (Å²) in [4.78, 5) is 14.6. The predicted octanol–water partition coefficient (Wildman–Crippen LogP) is 1.04. The molecule has 0 aromatic rings. The Hall–Kier alpha value is -0.510. The van der Waals surface area contributed by atoms with E-state index in [-0.39, 0.29) is 15.9 Å². The Morgan fingerprint density at radius 3 is 2.40 bits per heavy atom. The smallest absolute Gasteiger partial charge is 0.276 e.